The topological polar surface area (TPSA) is 97.0 Å². The number of amides is 1. The number of nitrogens with one attached hydrogen (secondary N) is 1. The lowest BCUT2D eigenvalue weighted by molar-refractivity contribution is -0.134. The molecule has 0 unspecified atom stereocenters. The van der Waals surface area contributed by atoms with Crippen LogP contribution < -0.4 is 11.1 Å². The van der Waals surface area contributed by atoms with Crippen molar-refractivity contribution in [2.24, 2.45) is 11.7 Å². The molecule has 7 nitrogen and oxygen atoms in total. The van der Waals surface area contributed by atoms with E-state index in [9.17, 15) is 4.79 Å². The first-order valence-electron chi connectivity index (χ1n) is 11.0. The van der Waals surface area contributed by atoms with Crippen LogP contribution in [0.25, 0.3) is 0 Å². The fraction of sp³-hybridized carbons (Fsp3) is 0.636. The summed E-state index contributed by atoms with van der Waals surface area (Å²) in [7, 11) is 0. The molecule has 30 heavy (non-hydrogen) atoms. The summed E-state index contributed by atoms with van der Waals surface area (Å²) in [6.45, 7) is 9.77. The minimum absolute atomic E-state index is 0.0707. The first kappa shape index (κ1) is 22.6. The lowest BCUT2D eigenvalue weighted by Crippen LogP contribution is -2.47. The summed E-state index contributed by atoms with van der Waals surface area (Å²) < 4.78 is 0. The van der Waals surface area contributed by atoms with Crippen molar-refractivity contribution < 1.29 is 4.79 Å². The van der Waals surface area contributed by atoms with Gasteiger partial charge in [0.25, 0.3) is 0 Å². The number of hydrogen-bond donors (Lipinski definition) is 2. The number of piperidine rings is 1. The zero-order valence-corrected chi connectivity index (χ0v) is 19.3. The summed E-state index contributed by atoms with van der Waals surface area (Å²) in [6, 6.07) is 1.55. The molecule has 3 heterocycles. The number of likely N-dealkylation sites (tertiary alicyclic amines) is 1. The van der Waals surface area contributed by atoms with Gasteiger partial charge in [-0.3, -0.25) is 4.79 Å². The van der Waals surface area contributed by atoms with Gasteiger partial charge in [-0.05, 0) is 38.5 Å². The summed E-state index contributed by atoms with van der Waals surface area (Å²) in [5.74, 6) is 2.38. The molecular weight excluding hydrogens is 396 g/mol. The zero-order valence-electron chi connectivity index (χ0n) is 18.5. The molecule has 1 aliphatic rings. The molecule has 0 radical (unpaired) electrons. The number of carbonyl (C=O) groups excluding carboxylic acids is 1. The molecule has 1 atom stereocenters. The van der Waals surface area contributed by atoms with Crippen LogP contribution in [0.15, 0.2) is 12.3 Å². The van der Waals surface area contributed by atoms with E-state index in [-0.39, 0.29) is 11.8 Å². The van der Waals surface area contributed by atoms with E-state index < -0.39 is 6.04 Å². The van der Waals surface area contributed by atoms with Gasteiger partial charge < -0.3 is 16.0 Å². The normalized spacial score (nSPS) is 16.1. The van der Waals surface area contributed by atoms with Gasteiger partial charge in [-0.1, -0.05) is 27.2 Å². The highest BCUT2D eigenvalue weighted by Crippen LogP contribution is 2.28. The quantitative estimate of drug-likeness (QED) is 0.657. The summed E-state index contributed by atoms with van der Waals surface area (Å²) >= 11 is 1.67. The van der Waals surface area contributed by atoms with Crippen LogP contribution in [0.4, 0.5) is 10.9 Å². The van der Waals surface area contributed by atoms with Crippen LogP contribution in [-0.4, -0.2) is 44.9 Å². The Bertz CT molecular complexity index is 844. The fourth-order valence-corrected chi connectivity index (χ4v) is 4.80. The second-order valence-corrected chi connectivity index (χ2v) is 9.71. The number of aryl methyl sites for hydroxylation is 2. The number of anilines is 2. The Hall–Kier alpha value is -2.06. The van der Waals surface area contributed by atoms with Crippen molar-refractivity contribution in [2.45, 2.75) is 71.8 Å². The van der Waals surface area contributed by atoms with Crippen LogP contribution in [0.5, 0.6) is 0 Å². The highest BCUT2D eigenvalue weighted by Gasteiger charge is 2.28. The molecule has 164 valence electrons. The van der Waals surface area contributed by atoms with Gasteiger partial charge in [0.1, 0.15) is 11.6 Å². The second kappa shape index (κ2) is 10.3. The van der Waals surface area contributed by atoms with Crippen molar-refractivity contribution in [3.63, 3.8) is 0 Å². The Morgan fingerprint density at radius 2 is 2.07 bits per heavy atom. The largest absolute Gasteiger partial charge is 0.341 e. The van der Waals surface area contributed by atoms with Crippen LogP contribution >= 0.6 is 11.3 Å². The van der Waals surface area contributed by atoms with Gasteiger partial charge in [-0.2, -0.15) is 0 Å². The van der Waals surface area contributed by atoms with Gasteiger partial charge in [-0.25, -0.2) is 15.0 Å². The number of rotatable bonds is 8. The summed E-state index contributed by atoms with van der Waals surface area (Å²) in [5, 5.41) is 4.20. The summed E-state index contributed by atoms with van der Waals surface area (Å²) in [5.41, 5.74) is 7.03. The molecule has 1 aliphatic heterocycles. The number of hydrogen-bond acceptors (Lipinski definition) is 7. The van der Waals surface area contributed by atoms with E-state index in [0.717, 1.165) is 54.6 Å². The smallest absolute Gasteiger partial charge is 0.239 e. The number of thiazole rings is 1. The summed E-state index contributed by atoms with van der Waals surface area (Å²) in [4.78, 5) is 29.7. The lowest BCUT2D eigenvalue weighted by atomic mass is 9.94. The minimum atomic E-state index is -0.400. The van der Waals surface area contributed by atoms with Crippen molar-refractivity contribution in [3.05, 3.63) is 28.7 Å². The zero-order chi connectivity index (χ0) is 21.7. The van der Waals surface area contributed by atoms with Gasteiger partial charge >= 0.3 is 0 Å². The predicted molar refractivity (Wildman–Crippen MR) is 122 cm³/mol. The predicted octanol–water partition coefficient (Wildman–Crippen LogP) is 4.02. The van der Waals surface area contributed by atoms with Gasteiger partial charge in [0.2, 0.25) is 5.91 Å². The van der Waals surface area contributed by atoms with Crippen LogP contribution in [0.1, 0.15) is 68.8 Å². The summed E-state index contributed by atoms with van der Waals surface area (Å²) in [6.07, 6.45) is 6.54. The SMILES string of the molecule is CCCc1cnc(Nc2cc(C)nc(C3CCN(C(=O)[C@@H](N)CC(C)C)CC3)n2)s1. The highest BCUT2D eigenvalue weighted by molar-refractivity contribution is 7.15. The van der Waals surface area contributed by atoms with Crippen molar-refractivity contribution in [1.82, 2.24) is 19.9 Å². The molecule has 3 N–H and O–H groups in total. The van der Waals surface area contributed by atoms with Crippen LogP contribution in [-0.2, 0) is 11.2 Å². The monoisotopic (exact) mass is 430 g/mol. The number of carbonyl (C=O) groups is 1. The fourth-order valence-electron chi connectivity index (χ4n) is 3.88. The molecule has 3 rings (SSSR count). The van der Waals surface area contributed by atoms with Crippen molar-refractivity contribution in [2.75, 3.05) is 18.4 Å². The van der Waals surface area contributed by atoms with E-state index in [1.54, 1.807) is 11.3 Å². The molecule has 0 spiro atoms. The first-order valence-corrected chi connectivity index (χ1v) is 11.8. The molecule has 1 fully saturated rings. The van der Waals surface area contributed by atoms with Crippen LogP contribution in [0, 0.1) is 12.8 Å². The Morgan fingerprint density at radius 1 is 1.33 bits per heavy atom. The molecule has 0 bridgehead atoms. The average Bonchev–Trinajstić information content (AvgIpc) is 3.13. The maximum Gasteiger partial charge on any atom is 0.239 e. The van der Waals surface area contributed by atoms with E-state index in [4.69, 9.17) is 10.7 Å². The van der Waals surface area contributed by atoms with Crippen LogP contribution in [0.3, 0.4) is 0 Å². The second-order valence-electron chi connectivity index (χ2n) is 8.60. The lowest BCUT2D eigenvalue weighted by Gasteiger charge is -2.33. The molecule has 2 aromatic heterocycles. The van der Waals surface area contributed by atoms with Gasteiger partial charge in [0.05, 0.1) is 6.04 Å². The molecule has 1 saturated heterocycles. The molecule has 8 heteroatoms. The van der Waals surface area contributed by atoms with E-state index >= 15 is 0 Å². The minimum Gasteiger partial charge on any atom is -0.341 e. The Labute approximate surface area is 183 Å². The highest BCUT2D eigenvalue weighted by atomic mass is 32.1. The number of nitrogens with two attached hydrogens (primary N) is 1. The van der Waals surface area contributed by atoms with E-state index in [0.29, 0.717) is 19.0 Å². The standard InChI is InChI=1S/C22H34N6OS/c1-5-6-17-13-24-22(30-17)27-19-12-15(4)25-20(26-19)16-7-9-28(10-8-16)21(29)18(23)11-14(2)3/h12-14,16,18H,5-11,23H2,1-4H3,(H,24,25,26,27)/t18-/m0/s1. The molecule has 0 saturated carbocycles. The van der Waals surface area contributed by atoms with E-state index in [1.165, 1.54) is 4.88 Å². The third-order valence-electron chi connectivity index (χ3n) is 5.37. The first-order chi connectivity index (χ1) is 14.4. The van der Waals surface area contributed by atoms with E-state index in [2.05, 4.69) is 36.1 Å². The molecule has 0 aromatic carbocycles. The maximum absolute atomic E-state index is 12.6. The van der Waals surface area contributed by atoms with Gasteiger partial charge in [-0.15, -0.1) is 11.3 Å². The van der Waals surface area contributed by atoms with Crippen molar-refractivity contribution in [1.29, 1.82) is 0 Å². The molecule has 1 amide bonds. The van der Waals surface area contributed by atoms with Crippen molar-refractivity contribution in [3.8, 4) is 0 Å². The van der Waals surface area contributed by atoms with Gasteiger partial charge in [0, 0.05) is 41.8 Å². The Balaban J connectivity index is 1.62. The molecule has 2 aromatic rings. The number of aromatic nitrogens is 3. The molecule has 0 aliphatic carbocycles. The maximum atomic E-state index is 12.6. The van der Waals surface area contributed by atoms with Crippen LogP contribution in [0.2, 0.25) is 0 Å². The molecular formula is C22H34N6OS. The number of nitrogens with zero attached hydrogens (tertiary/aromatic N) is 4. The Morgan fingerprint density at radius 3 is 2.73 bits per heavy atom. The van der Waals surface area contributed by atoms with E-state index in [1.807, 2.05) is 24.1 Å². The third-order valence-corrected chi connectivity index (χ3v) is 6.34. The van der Waals surface area contributed by atoms with Gasteiger partial charge in [0.15, 0.2) is 5.13 Å². The third kappa shape index (κ3) is 5.98. The van der Waals surface area contributed by atoms with Crippen molar-refractivity contribution >= 4 is 28.2 Å². The Kier molecular flexibility index (Phi) is 7.77. The average molecular weight is 431 g/mol.